The van der Waals surface area contributed by atoms with Gasteiger partial charge in [0.2, 0.25) is 5.91 Å². The highest BCUT2D eigenvalue weighted by atomic mass is 16.4. The molecule has 2 aromatic carbocycles. The molecule has 0 aliphatic heterocycles. The second kappa shape index (κ2) is 8.67. The summed E-state index contributed by atoms with van der Waals surface area (Å²) in [5.74, 6) is 1.45. The first-order valence-corrected chi connectivity index (χ1v) is 9.38. The van der Waals surface area contributed by atoms with Gasteiger partial charge in [0.15, 0.2) is 11.7 Å². The first-order chi connectivity index (χ1) is 13.0. The highest BCUT2D eigenvalue weighted by Gasteiger charge is 2.18. The first kappa shape index (κ1) is 18.9. The van der Waals surface area contributed by atoms with E-state index < -0.39 is 0 Å². The van der Waals surface area contributed by atoms with Crippen LogP contribution < -0.4 is 0 Å². The average Bonchev–Trinajstić information content (AvgIpc) is 3.14. The van der Waals surface area contributed by atoms with Crippen molar-refractivity contribution < 1.29 is 9.21 Å². The number of carbonyl (C=O) groups excluding carboxylic acids is 1. The second-order valence-corrected chi connectivity index (χ2v) is 7.09. The molecule has 1 amide bonds. The Bertz CT molecular complexity index is 867. The number of rotatable bonds is 7. The quantitative estimate of drug-likeness (QED) is 0.593. The van der Waals surface area contributed by atoms with Crippen molar-refractivity contribution in [1.29, 1.82) is 0 Å². The predicted molar refractivity (Wildman–Crippen MR) is 107 cm³/mol. The smallest absolute Gasteiger partial charge is 0.223 e. The summed E-state index contributed by atoms with van der Waals surface area (Å²) in [5.41, 5.74) is 3.34. The van der Waals surface area contributed by atoms with E-state index in [-0.39, 0.29) is 11.9 Å². The number of aryl methyl sites for hydroxylation is 2. The van der Waals surface area contributed by atoms with Gasteiger partial charge in [0, 0.05) is 31.0 Å². The number of carbonyl (C=O) groups is 1. The Hall–Kier alpha value is -2.88. The normalized spacial score (nSPS) is 11.0. The molecule has 27 heavy (non-hydrogen) atoms. The molecule has 0 saturated carbocycles. The molecule has 0 aliphatic rings. The minimum absolute atomic E-state index is 0.115. The van der Waals surface area contributed by atoms with E-state index in [2.05, 4.69) is 11.9 Å². The number of benzene rings is 2. The Morgan fingerprint density at radius 2 is 1.78 bits per heavy atom. The van der Waals surface area contributed by atoms with Gasteiger partial charge in [-0.05, 0) is 26.3 Å². The van der Waals surface area contributed by atoms with E-state index in [9.17, 15) is 4.79 Å². The molecule has 4 heteroatoms. The molecule has 1 aromatic heterocycles. The van der Waals surface area contributed by atoms with Crippen LogP contribution in [0.3, 0.4) is 0 Å². The average molecular weight is 362 g/mol. The van der Waals surface area contributed by atoms with Crippen LogP contribution in [0, 0.1) is 6.92 Å². The lowest BCUT2D eigenvalue weighted by Crippen LogP contribution is -2.36. The highest BCUT2D eigenvalue weighted by molar-refractivity contribution is 5.76. The van der Waals surface area contributed by atoms with Gasteiger partial charge >= 0.3 is 0 Å². The molecular weight excluding hydrogens is 336 g/mol. The summed E-state index contributed by atoms with van der Waals surface area (Å²) in [4.78, 5) is 19.0. The van der Waals surface area contributed by atoms with E-state index in [0.29, 0.717) is 25.3 Å². The van der Waals surface area contributed by atoms with Crippen molar-refractivity contribution in [3.05, 3.63) is 77.8 Å². The molecule has 0 spiro atoms. The van der Waals surface area contributed by atoms with Gasteiger partial charge in [0.05, 0.1) is 6.20 Å². The molecular formula is C23H26N2O2. The third kappa shape index (κ3) is 5.07. The van der Waals surface area contributed by atoms with E-state index in [1.807, 2.05) is 73.3 Å². The van der Waals surface area contributed by atoms with Crippen LogP contribution in [0.25, 0.3) is 11.3 Å². The maximum absolute atomic E-state index is 12.7. The lowest BCUT2D eigenvalue weighted by atomic mass is 10.1. The maximum atomic E-state index is 12.7. The highest BCUT2D eigenvalue weighted by Crippen LogP contribution is 2.21. The minimum Gasteiger partial charge on any atom is -0.441 e. The number of hydrogen-bond acceptors (Lipinski definition) is 3. The number of oxazole rings is 1. The van der Waals surface area contributed by atoms with Gasteiger partial charge in [-0.1, -0.05) is 60.2 Å². The Morgan fingerprint density at radius 1 is 1.07 bits per heavy atom. The van der Waals surface area contributed by atoms with Crippen molar-refractivity contribution in [2.75, 3.05) is 0 Å². The Morgan fingerprint density at radius 3 is 2.44 bits per heavy atom. The predicted octanol–water partition coefficient (Wildman–Crippen LogP) is 5.02. The van der Waals surface area contributed by atoms with E-state index in [4.69, 9.17) is 4.42 Å². The largest absolute Gasteiger partial charge is 0.441 e. The molecule has 0 bridgehead atoms. The zero-order valence-electron chi connectivity index (χ0n) is 16.2. The van der Waals surface area contributed by atoms with Crippen LogP contribution in [0.4, 0.5) is 0 Å². The number of hydrogen-bond donors (Lipinski definition) is 0. The van der Waals surface area contributed by atoms with Gasteiger partial charge in [-0.3, -0.25) is 4.79 Å². The van der Waals surface area contributed by atoms with Gasteiger partial charge in [0.1, 0.15) is 0 Å². The van der Waals surface area contributed by atoms with Gasteiger partial charge in [-0.25, -0.2) is 4.98 Å². The summed E-state index contributed by atoms with van der Waals surface area (Å²) >= 11 is 0. The summed E-state index contributed by atoms with van der Waals surface area (Å²) < 4.78 is 5.84. The van der Waals surface area contributed by atoms with Crippen molar-refractivity contribution in [3.63, 3.8) is 0 Å². The van der Waals surface area contributed by atoms with Crippen molar-refractivity contribution in [1.82, 2.24) is 9.88 Å². The molecule has 0 unspecified atom stereocenters. The fourth-order valence-corrected chi connectivity index (χ4v) is 2.97. The standard InChI is InChI=1S/C23H26N2O2/c1-17(2)25(16-19-7-5-4-6-8-19)23(26)14-13-22-24-15-21(27-22)20-11-9-18(3)10-12-20/h4-12,15,17H,13-14,16H2,1-3H3. The zero-order chi connectivity index (χ0) is 19.2. The fourth-order valence-electron chi connectivity index (χ4n) is 2.97. The second-order valence-electron chi connectivity index (χ2n) is 7.09. The van der Waals surface area contributed by atoms with Crippen molar-refractivity contribution in [2.24, 2.45) is 0 Å². The Balaban J connectivity index is 1.61. The van der Waals surface area contributed by atoms with Gasteiger partial charge in [-0.15, -0.1) is 0 Å². The summed E-state index contributed by atoms with van der Waals surface area (Å²) in [7, 11) is 0. The van der Waals surface area contributed by atoms with Crippen LogP contribution in [0.1, 0.15) is 37.3 Å². The number of nitrogens with zero attached hydrogens (tertiary/aromatic N) is 2. The van der Waals surface area contributed by atoms with Gasteiger partial charge < -0.3 is 9.32 Å². The summed E-state index contributed by atoms with van der Waals surface area (Å²) in [6.45, 7) is 6.76. The molecule has 0 radical (unpaired) electrons. The third-order valence-corrected chi connectivity index (χ3v) is 4.58. The fraction of sp³-hybridized carbons (Fsp3) is 0.304. The summed E-state index contributed by atoms with van der Waals surface area (Å²) in [6.07, 6.45) is 2.62. The minimum atomic E-state index is 0.115. The molecule has 0 aliphatic carbocycles. The lowest BCUT2D eigenvalue weighted by Gasteiger charge is -2.27. The molecule has 1 heterocycles. The molecule has 4 nitrogen and oxygen atoms in total. The Kier molecular flexibility index (Phi) is 6.07. The first-order valence-electron chi connectivity index (χ1n) is 9.38. The molecule has 140 valence electrons. The van der Waals surface area contributed by atoms with E-state index >= 15 is 0 Å². The Labute approximate surface area is 160 Å². The zero-order valence-corrected chi connectivity index (χ0v) is 16.2. The van der Waals surface area contributed by atoms with Crippen LogP contribution in [0.2, 0.25) is 0 Å². The number of amides is 1. The van der Waals surface area contributed by atoms with Crippen LogP contribution in [0.5, 0.6) is 0 Å². The summed E-state index contributed by atoms with van der Waals surface area (Å²) in [6, 6.07) is 18.3. The topological polar surface area (TPSA) is 46.3 Å². The van der Waals surface area contributed by atoms with Crippen LogP contribution in [0.15, 0.2) is 65.2 Å². The van der Waals surface area contributed by atoms with E-state index in [1.54, 1.807) is 6.20 Å². The van der Waals surface area contributed by atoms with Crippen molar-refractivity contribution >= 4 is 5.91 Å². The lowest BCUT2D eigenvalue weighted by molar-refractivity contribution is -0.133. The molecule has 0 fully saturated rings. The molecule has 0 saturated heterocycles. The monoisotopic (exact) mass is 362 g/mol. The van der Waals surface area contributed by atoms with Gasteiger partial charge in [-0.2, -0.15) is 0 Å². The van der Waals surface area contributed by atoms with Crippen LogP contribution in [-0.2, 0) is 17.8 Å². The van der Waals surface area contributed by atoms with E-state index in [1.165, 1.54) is 5.56 Å². The van der Waals surface area contributed by atoms with Crippen LogP contribution in [-0.4, -0.2) is 21.8 Å². The maximum Gasteiger partial charge on any atom is 0.223 e. The molecule has 0 atom stereocenters. The van der Waals surface area contributed by atoms with Gasteiger partial charge in [0.25, 0.3) is 0 Å². The van der Waals surface area contributed by atoms with E-state index in [0.717, 1.165) is 16.9 Å². The molecule has 3 rings (SSSR count). The SMILES string of the molecule is Cc1ccc(-c2cnc(CCC(=O)N(Cc3ccccc3)C(C)C)o2)cc1. The van der Waals surface area contributed by atoms with Crippen molar-refractivity contribution in [3.8, 4) is 11.3 Å². The third-order valence-electron chi connectivity index (χ3n) is 4.58. The number of aromatic nitrogens is 1. The van der Waals surface area contributed by atoms with Crippen molar-refractivity contribution in [2.45, 2.75) is 46.2 Å². The van der Waals surface area contributed by atoms with Crippen LogP contribution >= 0.6 is 0 Å². The molecule has 3 aromatic rings. The summed E-state index contributed by atoms with van der Waals surface area (Å²) in [5, 5.41) is 0. The molecule has 0 N–H and O–H groups in total.